The van der Waals surface area contributed by atoms with Gasteiger partial charge in [-0.15, -0.1) is 11.3 Å². The zero-order valence-electron chi connectivity index (χ0n) is 14.5. The summed E-state index contributed by atoms with van der Waals surface area (Å²) in [5.41, 5.74) is 0.803. The molecule has 0 saturated carbocycles. The second kappa shape index (κ2) is 8.59. The van der Waals surface area contributed by atoms with Gasteiger partial charge in [-0.25, -0.2) is 0 Å². The van der Waals surface area contributed by atoms with Gasteiger partial charge in [-0.05, 0) is 42.8 Å². The van der Waals surface area contributed by atoms with Crippen molar-refractivity contribution in [3.05, 3.63) is 41.3 Å². The van der Waals surface area contributed by atoms with E-state index in [0.717, 1.165) is 22.6 Å². The highest BCUT2D eigenvalue weighted by Gasteiger charge is 2.15. The number of nitrogens with one attached hydrogen (secondary N) is 1. The minimum absolute atomic E-state index is 0.115. The van der Waals surface area contributed by atoms with E-state index >= 15 is 0 Å². The van der Waals surface area contributed by atoms with Gasteiger partial charge in [0.2, 0.25) is 5.82 Å². The normalized spacial score (nSPS) is 10.7. The molecule has 0 saturated heterocycles. The van der Waals surface area contributed by atoms with Crippen LogP contribution in [0.3, 0.4) is 0 Å². The highest BCUT2D eigenvalue weighted by Crippen LogP contribution is 2.28. The molecule has 0 fully saturated rings. The second-order valence-electron chi connectivity index (χ2n) is 5.42. The SMILES string of the molecule is COCCCNC(=O)c1ccc(-c2noc(-c3ccc(OC)cc3)n2)s1. The number of hydrogen-bond donors (Lipinski definition) is 1. The van der Waals surface area contributed by atoms with Crippen molar-refractivity contribution in [2.24, 2.45) is 0 Å². The number of carbonyl (C=O) groups is 1. The molecule has 0 aliphatic rings. The topological polar surface area (TPSA) is 86.5 Å². The number of thiophene rings is 1. The van der Waals surface area contributed by atoms with Gasteiger partial charge in [0.15, 0.2) is 0 Å². The number of methoxy groups -OCH3 is 2. The van der Waals surface area contributed by atoms with Crippen LogP contribution in [0, 0.1) is 0 Å². The van der Waals surface area contributed by atoms with Gasteiger partial charge in [-0.3, -0.25) is 4.79 Å². The zero-order valence-corrected chi connectivity index (χ0v) is 15.3. The van der Waals surface area contributed by atoms with Crippen LogP contribution < -0.4 is 10.1 Å². The van der Waals surface area contributed by atoms with Crippen LogP contribution in [0.4, 0.5) is 0 Å². The molecule has 0 radical (unpaired) electrons. The molecule has 0 aliphatic carbocycles. The molecule has 0 unspecified atom stereocenters. The quantitative estimate of drug-likeness (QED) is 0.610. The van der Waals surface area contributed by atoms with E-state index < -0.39 is 0 Å². The van der Waals surface area contributed by atoms with Gasteiger partial charge in [0.05, 0.1) is 16.9 Å². The van der Waals surface area contributed by atoms with E-state index in [2.05, 4.69) is 15.5 Å². The number of carbonyl (C=O) groups excluding carboxylic acids is 1. The molecule has 0 aliphatic heterocycles. The number of benzene rings is 1. The van der Waals surface area contributed by atoms with Crippen molar-refractivity contribution in [1.82, 2.24) is 15.5 Å². The van der Waals surface area contributed by atoms with E-state index in [1.54, 1.807) is 20.3 Å². The number of aromatic nitrogens is 2. The van der Waals surface area contributed by atoms with Crippen molar-refractivity contribution in [2.75, 3.05) is 27.4 Å². The molecule has 2 aromatic heterocycles. The van der Waals surface area contributed by atoms with Crippen LogP contribution in [0.1, 0.15) is 16.1 Å². The van der Waals surface area contributed by atoms with Crippen LogP contribution >= 0.6 is 11.3 Å². The Bertz CT molecular complexity index is 857. The molecule has 26 heavy (non-hydrogen) atoms. The maximum absolute atomic E-state index is 12.1. The summed E-state index contributed by atoms with van der Waals surface area (Å²) in [4.78, 5) is 17.9. The van der Waals surface area contributed by atoms with E-state index in [9.17, 15) is 4.79 Å². The molecular formula is C18H19N3O4S. The Kier molecular flexibility index (Phi) is 5.98. The van der Waals surface area contributed by atoms with Crippen LogP contribution in [0.5, 0.6) is 5.75 Å². The summed E-state index contributed by atoms with van der Waals surface area (Å²) in [5, 5.41) is 6.87. The van der Waals surface area contributed by atoms with Gasteiger partial charge < -0.3 is 19.3 Å². The Hall–Kier alpha value is -2.71. The average molecular weight is 373 g/mol. The number of nitrogens with zero attached hydrogens (tertiary/aromatic N) is 2. The smallest absolute Gasteiger partial charge is 0.261 e. The first-order valence-corrected chi connectivity index (χ1v) is 8.88. The van der Waals surface area contributed by atoms with Crippen LogP contribution in [0.2, 0.25) is 0 Å². The lowest BCUT2D eigenvalue weighted by Crippen LogP contribution is -2.24. The molecule has 0 atom stereocenters. The zero-order chi connectivity index (χ0) is 18.4. The van der Waals surface area contributed by atoms with Crippen molar-refractivity contribution in [3.63, 3.8) is 0 Å². The van der Waals surface area contributed by atoms with Crippen molar-refractivity contribution in [3.8, 4) is 27.9 Å². The molecule has 3 rings (SSSR count). The summed E-state index contributed by atoms with van der Waals surface area (Å²) in [6.45, 7) is 1.19. The van der Waals surface area contributed by atoms with Gasteiger partial charge in [0.25, 0.3) is 11.8 Å². The fourth-order valence-electron chi connectivity index (χ4n) is 2.26. The Labute approximate surface area is 154 Å². The minimum Gasteiger partial charge on any atom is -0.497 e. The first-order valence-electron chi connectivity index (χ1n) is 8.06. The lowest BCUT2D eigenvalue weighted by molar-refractivity contribution is 0.0952. The Balaban J connectivity index is 1.67. The number of amides is 1. The predicted molar refractivity (Wildman–Crippen MR) is 98.4 cm³/mol. The summed E-state index contributed by atoms with van der Waals surface area (Å²) >= 11 is 1.32. The molecule has 0 spiro atoms. The molecule has 3 aromatic rings. The molecule has 1 amide bonds. The minimum atomic E-state index is -0.115. The van der Waals surface area contributed by atoms with Crippen molar-refractivity contribution in [1.29, 1.82) is 0 Å². The summed E-state index contributed by atoms with van der Waals surface area (Å²) in [7, 11) is 3.25. The first-order chi connectivity index (χ1) is 12.7. The molecule has 7 nitrogen and oxygen atoms in total. The second-order valence-corrected chi connectivity index (χ2v) is 6.50. The largest absolute Gasteiger partial charge is 0.497 e. The standard InChI is InChI=1S/C18H19N3O4S/c1-23-11-3-10-19-17(22)15-9-8-14(26-15)16-20-18(25-21-16)12-4-6-13(24-2)7-5-12/h4-9H,3,10-11H2,1-2H3,(H,19,22). The lowest BCUT2D eigenvalue weighted by atomic mass is 10.2. The highest BCUT2D eigenvalue weighted by molar-refractivity contribution is 7.17. The summed E-state index contributed by atoms with van der Waals surface area (Å²) in [6, 6.07) is 10.9. The van der Waals surface area contributed by atoms with Crippen molar-refractivity contribution < 1.29 is 18.8 Å². The number of hydrogen-bond acceptors (Lipinski definition) is 7. The molecular weight excluding hydrogens is 354 g/mol. The number of ether oxygens (including phenoxy) is 2. The Morgan fingerprint density at radius 1 is 1.19 bits per heavy atom. The number of rotatable bonds is 8. The summed E-state index contributed by atoms with van der Waals surface area (Å²) in [6.07, 6.45) is 0.774. The summed E-state index contributed by atoms with van der Waals surface area (Å²) in [5.74, 6) is 1.52. The molecule has 1 N–H and O–H groups in total. The molecule has 2 heterocycles. The average Bonchev–Trinajstić information content (AvgIpc) is 3.34. The fraction of sp³-hybridized carbons (Fsp3) is 0.278. The third kappa shape index (κ3) is 4.27. The van der Waals surface area contributed by atoms with Crippen molar-refractivity contribution >= 4 is 17.2 Å². The Morgan fingerprint density at radius 2 is 2.00 bits per heavy atom. The molecule has 0 bridgehead atoms. The van der Waals surface area contributed by atoms with Gasteiger partial charge >= 0.3 is 0 Å². The Morgan fingerprint density at radius 3 is 2.73 bits per heavy atom. The monoisotopic (exact) mass is 373 g/mol. The van der Waals surface area contributed by atoms with Crippen LogP contribution in [-0.2, 0) is 4.74 Å². The molecule has 8 heteroatoms. The third-order valence-corrected chi connectivity index (χ3v) is 4.70. The van der Waals surface area contributed by atoms with Crippen molar-refractivity contribution in [2.45, 2.75) is 6.42 Å². The van der Waals surface area contributed by atoms with E-state index in [1.165, 1.54) is 11.3 Å². The van der Waals surface area contributed by atoms with E-state index in [-0.39, 0.29) is 5.91 Å². The van der Waals surface area contributed by atoms with Gasteiger partial charge in [0.1, 0.15) is 5.75 Å². The van der Waals surface area contributed by atoms with E-state index in [4.69, 9.17) is 14.0 Å². The lowest BCUT2D eigenvalue weighted by Gasteiger charge is -2.02. The van der Waals surface area contributed by atoms with Crippen LogP contribution in [-0.4, -0.2) is 43.4 Å². The third-order valence-electron chi connectivity index (χ3n) is 3.62. The van der Waals surface area contributed by atoms with Crippen LogP contribution in [0.15, 0.2) is 40.9 Å². The van der Waals surface area contributed by atoms with Gasteiger partial charge in [0, 0.05) is 25.8 Å². The highest BCUT2D eigenvalue weighted by atomic mass is 32.1. The fourth-order valence-corrected chi connectivity index (χ4v) is 3.11. The van der Waals surface area contributed by atoms with E-state index in [0.29, 0.717) is 29.7 Å². The molecule has 136 valence electrons. The van der Waals surface area contributed by atoms with Gasteiger partial charge in [-0.2, -0.15) is 4.98 Å². The summed E-state index contributed by atoms with van der Waals surface area (Å²) < 4.78 is 15.4. The van der Waals surface area contributed by atoms with Gasteiger partial charge in [-0.1, -0.05) is 5.16 Å². The molecule has 1 aromatic carbocycles. The first kappa shape index (κ1) is 18.1. The van der Waals surface area contributed by atoms with Crippen LogP contribution in [0.25, 0.3) is 22.2 Å². The predicted octanol–water partition coefficient (Wildman–Crippen LogP) is 3.24. The van der Waals surface area contributed by atoms with E-state index in [1.807, 2.05) is 30.3 Å². The maximum atomic E-state index is 12.1. The maximum Gasteiger partial charge on any atom is 0.261 e.